The number of aliphatic hydroxyl groups excluding tert-OH is 1. The van der Waals surface area contributed by atoms with E-state index in [2.05, 4.69) is 4.98 Å². The Kier molecular flexibility index (Phi) is 4.75. The minimum atomic E-state index is -0.640. The third-order valence-electron chi connectivity index (χ3n) is 3.37. The van der Waals surface area contributed by atoms with Crippen LogP contribution in [0.15, 0.2) is 24.3 Å². The van der Waals surface area contributed by atoms with Gasteiger partial charge in [-0.3, -0.25) is 0 Å². The van der Waals surface area contributed by atoms with Gasteiger partial charge in [0, 0.05) is 12.5 Å². The molecule has 0 amide bonds. The van der Waals surface area contributed by atoms with Crippen molar-refractivity contribution in [3.63, 3.8) is 0 Å². The molecule has 0 aliphatic heterocycles. The van der Waals surface area contributed by atoms with E-state index < -0.39 is 6.10 Å². The normalized spacial score (nSPS) is 14.1. The Balaban J connectivity index is 2.33. The number of aromatic nitrogens is 1. The summed E-state index contributed by atoms with van der Waals surface area (Å²) in [5, 5.41) is 11.6. The van der Waals surface area contributed by atoms with E-state index in [4.69, 9.17) is 10.5 Å². The van der Waals surface area contributed by atoms with Crippen LogP contribution in [0.4, 0.5) is 0 Å². The molecule has 0 spiro atoms. The molecule has 20 heavy (non-hydrogen) atoms. The molecule has 0 bridgehead atoms. The molecule has 2 rings (SSSR count). The first kappa shape index (κ1) is 15.0. The van der Waals surface area contributed by atoms with Crippen LogP contribution in [-0.2, 0) is 0 Å². The van der Waals surface area contributed by atoms with Crippen LogP contribution in [0.5, 0.6) is 5.75 Å². The largest absolute Gasteiger partial charge is 0.497 e. The first-order chi connectivity index (χ1) is 9.56. The average molecular weight is 292 g/mol. The van der Waals surface area contributed by atoms with Crippen molar-refractivity contribution in [1.82, 2.24) is 4.98 Å². The molecule has 0 fully saturated rings. The number of ether oxygens (including phenoxy) is 1. The van der Waals surface area contributed by atoms with E-state index >= 15 is 0 Å². The third-order valence-corrected chi connectivity index (χ3v) is 4.51. The Morgan fingerprint density at radius 1 is 1.40 bits per heavy atom. The number of aliphatic hydroxyl groups is 1. The first-order valence-corrected chi connectivity index (χ1v) is 7.34. The highest BCUT2D eigenvalue weighted by atomic mass is 32.1. The van der Waals surface area contributed by atoms with Crippen LogP contribution in [0.2, 0.25) is 0 Å². The summed E-state index contributed by atoms with van der Waals surface area (Å²) in [7, 11) is 1.63. The lowest BCUT2D eigenvalue weighted by Crippen LogP contribution is -2.20. The predicted molar refractivity (Wildman–Crippen MR) is 81.3 cm³/mol. The smallest absolute Gasteiger partial charge is 0.119 e. The third kappa shape index (κ3) is 3.00. The van der Waals surface area contributed by atoms with Gasteiger partial charge in [0.15, 0.2) is 0 Å². The van der Waals surface area contributed by atoms with Gasteiger partial charge >= 0.3 is 0 Å². The molecular weight excluding hydrogens is 272 g/mol. The Labute approximate surface area is 123 Å². The fourth-order valence-electron chi connectivity index (χ4n) is 2.32. The highest BCUT2D eigenvalue weighted by Gasteiger charge is 2.25. The number of hydrogen-bond acceptors (Lipinski definition) is 5. The highest BCUT2D eigenvalue weighted by molar-refractivity contribution is 7.11. The van der Waals surface area contributed by atoms with Crippen LogP contribution in [-0.4, -0.2) is 23.7 Å². The standard InChI is InChI=1S/C15H20N2O2S/c1-9-15(20-10(2)17-9)14(18)13(8-16)11-5-4-6-12(7-11)19-3/h4-7,13-14,18H,8,16H2,1-3H3. The van der Waals surface area contributed by atoms with Gasteiger partial charge in [-0.25, -0.2) is 4.98 Å². The molecule has 0 aliphatic carbocycles. The second kappa shape index (κ2) is 6.35. The Morgan fingerprint density at radius 2 is 2.15 bits per heavy atom. The number of aryl methyl sites for hydroxylation is 2. The summed E-state index contributed by atoms with van der Waals surface area (Å²) in [5.41, 5.74) is 7.73. The minimum absolute atomic E-state index is 0.163. The van der Waals surface area contributed by atoms with Gasteiger partial charge in [-0.15, -0.1) is 11.3 Å². The maximum atomic E-state index is 10.6. The van der Waals surface area contributed by atoms with Crippen molar-refractivity contribution in [3.8, 4) is 5.75 Å². The van der Waals surface area contributed by atoms with Gasteiger partial charge in [-0.1, -0.05) is 12.1 Å². The predicted octanol–water partition coefficient (Wildman–Crippen LogP) is 2.54. The minimum Gasteiger partial charge on any atom is -0.497 e. The van der Waals surface area contributed by atoms with Gasteiger partial charge in [0.05, 0.1) is 28.8 Å². The fraction of sp³-hybridized carbons (Fsp3) is 0.400. The van der Waals surface area contributed by atoms with Gasteiger partial charge in [-0.2, -0.15) is 0 Å². The Bertz CT molecular complexity index is 583. The van der Waals surface area contributed by atoms with E-state index in [0.717, 1.165) is 26.9 Å². The maximum absolute atomic E-state index is 10.6. The van der Waals surface area contributed by atoms with Gasteiger partial charge < -0.3 is 15.6 Å². The molecule has 2 atom stereocenters. The average Bonchev–Trinajstić information content (AvgIpc) is 2.78. The van der Waals surface area contributed by atoms with Crippen molar-refractivity contribution in [1.29, 1.82) is 0 Å². The van der Waals surface area contributed by atoms with Gasteiger partial charge in [0.1, 0.15) is 5.75 Å². The van der Waals surface area contributed by atoms with Crippen molar-refractivity contribution >= 4 is 11.3 Å². The summed E-state index contributed by atoms with van der Waals surface area (Å²) in [4.78, 5) is 5.26. The van der Waals surface area contributed by atoms with Crippen LogP contribution in [0.1, 0.15) is 33.2 Å². The molecule has 2 unspecified atom stereocenters. The number of nitrogens with two attached hydrogens (primary N) is 1. The zero-order valence-corrected chi connectivity index (χ0v) is 12.8. The van der Waals surface area contributed by atoms with Gasteiger partial charge in [-0.05, 0) is 31.5 Å². The van der Waals surface area contributed by atoms with E-state index in [-0.39, 0.29) is 5.92 Å². The molecule has 5 heteroatoms. The van der Waals surface area contributed by atoms with Crippen molar-refractivity contribution in [2.45, 2.75) is 25.9 Å². The topological polar surface area (TPSA) is 68.4 Å². The molecule has 1 aromatic carbocycles. The quantitative estimate of drug-likeness (QED) is 0.888. The van der Waals surface area contributed by atoms with Crippen LogP contribution < -0.4 is 10.5 Å². The summed E-state index contributed by atoms with van der Waals surface area (Å²) in [6.07, 6.45) is -0.640. The van der Waals surface area contributed by atoms with E-state index in [9.17, 15) is 5.11 Å². The molecule has 108 valence electrons. The van der Waals surface area contributed by atoms with Gasteiger partial charge in [0.25, 0.3) is 0 Å². The Morgan fingerprint density at radius 3 is 2.70 bits per heavy atom. The van der Waals surface area contributed by atoms with E-state index in [1.807, 2.05) is 38.1 Å². The van der Waals surface area contributed by atoms with Crippen molar-refractivity contribution in [3.05, 3.63) is 45.4 Å². The zero-order chi connectivity index (χ0) is 14.7. The molecule has 0 radical (unpaired) electrons. The number of hydrogen-bond donors (Lipinski definition) is 2. The molecule has 3 N–H and O–H groups in total. The van der Waals surface area contributed by atoms with E-state index in [1.165, 1.54) is 11.3 Å². The van der Waals surface area contributed by atoms with Crippen molar-refractivity contribution < 1.29 is 9.84 Å². The summed E-state index contributed by atoms with van der Waals surface area (Å²) in [6, 6.07) is 7.68. The van der Waals surface area contributed by atoms with E-state index in [0.29, 0.717) is 6.54 Å². The molecule has 0 aliphatic rings. The lowest BCUT2D eigenvalue weighted by molar-refractivity contribution is 0.150. The van der Waals surface area contributed by atoms with Crippen LogP contribution >= 0.6 is 11.3 Å². The number of rotatable bonds is 5. The second-order valence-electron chi connectivity index (χ2n) is 4.75. The van der Waals surface area contributed by atoms with Gasteiger partial charge in [0.2, 0.25) is 0 Å². The summed E-state index contributed by atoms with van der Waals surface area (Å²) in [6.45, 7) is 4.23. The summed E-state index contributed by atoms with van der Waals surface area (Å²) >= 11 is 1.52. The first-order valence-electron chi connectivity index (χ1n) is 6.52. The highest BCUT2D eigenvalue weighted by Crippen LogP contribution is 2.36. The summed E-state index contributed by atoms with van der Waals surface area (Å²) < 4.78 is 5.23. The van der Waals surface area contributed by atoms with Crippen molar-refractivity contribution in [2.75, 3.05) is 13.7 Å². The second-order valence-corrected chi connectivity index (χ2v) is 5.98. The molecule has 1 aromatic heterocycles. The number of methoxy groups -OCH3 is 1. The molecular formula is C15H20N2O2S. The summed E-state index contributed by atoms with van der Waals surface area (Å²) in [5.74, 6) is 0.606. The molecule has 2 aromatic rings. The lowest BCUT2D eigenvalue weighted by atomic mass is 9.92. The fourth-order valence-corrected chi connectivity index (χ4v) is 3.30. The lowest BCUT2D eigenvalue weighted by Gasteiger charge is -2.21. The molecule has 0 saturated heterocycles. The number of nitrogens with zero attached hydrogens (tertiary/aromatic N) is 1. The molecule has 4 nitrogen and oxygen atoms in total. The van der Waals surface area contributed by atoms with Crippen LogP contribution in [0.3, 0.4) is 0 Å². The van der Waals surface area contributed by atoms with E-state index in [1.54, 1.807) is 7.11 Å². The molecule has 1 heterocycles. The van der Waals surface area contributed by atoms with Crippen LogP contribution in [0, 0.1) is 13.8 Å². The molecule has 0 saturated carbocycles. The number of thiazole rings is 1. The Hall–Kier alpha value is -1.43. The van der Waals surface area contributed by atoms with Crippen molar-refractivity contribution in [2.24, 2.45) is 5.73 Å². The maximum Gasteiger partial charge on any atom is 0.119 e. The van der Waals surface area contributed by atoms with Crippen LogP contribution in [0.25, 0.3) is 0 Å². The zero-order valence-electron chi connectivity index (χ0n) is 12.0. The number of benzene rings is 1. The SMILES string of the molecule is COc1cccc(C(CN)C(O)c2sc(C)nc2C)c1. The monoisotopic (exact) mass is 292 g/mol.